The van der Waals surface area contributed by atoms with Crippen LogP contribution in [0.3, 0.4) is 0 Å². The third-order valence-electron chi connectivity index (χ3n) is 2.48. The van der Waals surface area contributed by atoms with Crippen molar-refractivity contribution in [2.75, 3.05) is 0 Å². The molecule has 88 valence electrons. The van der Waals surface area contributed by atoms with Crippen LogP contribution in [0.25, 0.3) is 10.9 Å². The maximum Gasteiger partial charge on any atom is 0.336 e. The highest BCUT2D eigenvalue weighted by Crippen LogP contribution is 2.25. The zero-order valence-corrected chi connectivity index (χ0v) is 9.75. The first-order valence-electron chi connectivity index (χ1n) is 5.05. The van der Waals surface area contributed by atoms with E-state index in [2.05, 4.69) is 4.98 Å². The van der Waals surface area contributed by atoms with E-state index in [1.165, 1.54) is 12.1 Å². The minimum atomic E-state index is -1.12. The largest absolute Gasteiger partial charge is 0.478 e. The first-order chi connectivity index (χ1) is 8.02. The number of aryl methyl sites for hydroxylation is 1. The van der Waals surface area contributed by atoms with Gasteiger partial charge in [0.1, 0.15) is 5.52 Å². The fourth-order valence-electron chi connectivity index (χ4n) is 1.66. The number of nitrogens with zero attached hydrogens (tertiary/aromatic N) is 1. The summed E-state index contributed by atoms with van der Waals surface area (Å²) in [4.78, 5) is 15.2. The van der Waals surface area contributed by atoms with Crippen LogP contribution in [0.2, 0.25) is 5.02 Å². The van der Waals surface area contributed by atoms with Crippen molar-refractivity contribution >= 4 is 28.5 Å². The van der Waals surface area contributed by atoms with Gasteiger partial charge in [0, 0.05) is 16.1 Å². The molecule has 0 saturated heterocycles. The van der Waals surface area contributed by atoms with Crippen LogP contribution < -0.4 is 0 Å². The van der Waals surface area contributed by atoms with E-state index in [-0.39, 0.29) is 21.5 Å². The third-order valence-corrected chi connectivity index (χ3v) is 2.70. The van der Waals surface area contributed by atoms with E-state index in [4.69, 9.17) is 16.7 Å². The summed E-state index contributed by atoms with van der Waals surface area (Å²) in [5.74, 6) is -1.72. The van der Waals surface area contributed by atoms with Crippen LogP contribution in [-0.2, 0) is 6.42 Å². The molecule has 1 aromatic carbocycles. The second-order valence-electron chi connectivity index (χ2n) is 3.60. The molecule has 0 radical (unpaired) electrons. The number of benzene rings is 1. The Balaban J connectivity index is 2.90. The van der Waals surface area contributed by atoms with Crippen molar-refractivity contribution in [2.45, 2.75) is 13.3 Å². The predicted octanol–water partition coefficient (Wildman–Crippen LogP) is 3.29. The zero-order chi connectivity index (χ0) is 12.6. The molecule has 0 spiro atoms. The van der Waals surface area contributed by atoms with Crippen LogP contribution in [0.5, 0.6) is 0 Å². The Morgan fingerprint density at radius 2 is 2.18 bits per heavy atom. The molecule has 1 heterocycles. The number of halogens is 2. The molecule has 1 N–H and O–H groups in total. The van der Waals surface area contributed by atoms with Crippen LogP contribution in [0.4, 0.5) is 4.39 Å². The number of aromatic nitrogens is 1. The molecule has 17 heavy (non-hydrogen) atoms. The fourth-order valence-corrected chi connectivity index (χ4v) is 1.87. The lowest BCUT2D eigenvalue weighted by molar-refractivity contribution is 0.0699. The summed E-state index contributed by atoms with van der Waals surface area (Å²) in [7, 11) is 0. The molecule has 0 saturated carbocycles. The molecule has 3 nitrogen and oxygen atoms in total. The summed E-state index contributed by atoms with van der Waals surface area (Å²) in [6.07, 6.45) is 0.540. The van der Waals surface area contributed by atoms with Gasteiger partial charge in [-0.15, -0.1) is 0 Å². The minimum absolute atomic E-state index is 0.0215. The van der Waals surface area contributed by atoms with Gasteiger partial charge in [-0.25, -0.2) is 14.2 Å². The van der Waals surface area contributed by atoms with Gasteiger partial charge in [-0.3, -0.25) is 0 Å². The van der Waals surface area contributed by atoms with E-state index >= 15 is 0 Å². The van der Waals surface area contributed by atoms with Gasteiger partial charge in [-0.1, -0.05) is 18.5 Å². The Morgan fingerprint density at radius 3 is 2.76 bits per heavy atom. The van der Waals surface area contributed by atoms with Crippen LogP contribution in [0.15, 0.2) is 18.2 Å². The smallest absolute Gasteiger partial charge is 0.336 e. The van der Waals surface area contributed by atoms with Gasteiger partial charge in [0.15, 0.2) is 5.82 Å². The monoisotopic (exact) mass is 253 g/mol. The molecule has 0 aliphatic rings. The van der Waals surface area contributed by atoms with Crippen molar-refractivity contribution in [1.29, 1.82) is 0 Å². The maximum atomic E-state index is 13.7. The lowest BCUT2D eigenvalue weighted by Gasteiger charge is -2.06. The highest BCUT2D eigenvalue weighted by Gasteiger charge is 2.14. The second kappa shape index (κ2) is 4.30. The molecule has 2 rings (SSSR count). The van der Waals surface area contributed by atoms with Gasteiger partial charge in [0.05, 0.1) is 5.56 Å². The lowest BCUT2D eigenvalue weighted by atomic mass is 10.1. The number of rotatable bonds is 2. The number of carbonyl (C=O) groups is 1. The highest BCUT2D eigenvalue weighted by atomic mass is 35.5. The van der Waals surface area contributed by atoms with Crippen molar-refractivity contribution in [3.63, 3.8) is 0 Å². The van der Waals surface area contributed by atoms with Gasteiger partial charge in [-0.2, -0.15) is 0 Å². The minimum Gasteiger partial charge on any atom is -0.478 e. The van der Waals surface area contributed by atoms with Crippen molar-refractivity contribution < 1.29 is 14.3 Å². The lowest BCUT2D eigenvalue weighted by Crippen LogP contribution is -2.02. The number of hydrogen-bond acceptors (Lipinski definition) is 2. The number of pyridine rings is 1. The Hall–Kier alpha value is -1.68. The van der Waals surface area contributed by atoms with Crippen LogP contribution in [0, 0.1) is 5.82 Å². The second-order valence-corrected chi connectivity index (χ2v) is 4.04. The number of carboxylic acid groups (broad SMARTS) is 1. The van der Waals surface area contributed by atoms with E-state index in [0.29, 0.717) is 12.1 Å². The highest BCUT2D eigenvalue weighted by molar-refractivity contribution is 6.31. The molecule has 0 unspecified atom stereocenters. The molecule has 2 aromatic rings. The SMILES string of the molecule is CCc1cc(C(=O)O)c2cc(Cl)cc(F)c2n1. The molecule has 0 aliphatic carbocycles. The number of fused-ring (bicyclic) bond motifs is 1. The van der Waals surface area contributed by atoms with E-state index in [9.17, 15) is 9.18 Å². The molecule has 0 aliphatic heterocycles. The summed E-state index contributed by atoms with van der Waals surface area (Å²) >= 11 is 5.71. The van der Waals surface area contributed by atoms with E-state index in [1.54, 1.807) is 0 Å². The first kappa shape index (κ1) is 11.8. The quantitative estimate of drug-likeness (QED) is 0.893. The van der Waals surface area contributed by atoms with E-state index in [0.717, 1.165) is 6.07 Å². The van der Waals surface area contributed by atoms with Gasteiger partial charge in [-0.05, 0) is 24.6 Å². The third kappa shape index (κ3) is 2.08. The molecule has 0 amide bonds. The fraction of sp³-hybridized carbons (Fsp3) is 0.167. The topological polar surface area (TPSA) is 50.2 Å². The van der Waals surface area contributed by atoms with Crippen molar-refractivity contribution in [2.24, 2.45) is 0 Å². The first-order valence-corrected chi connectivity index (χ1v) is 5.42. The Bertz CT molecular complexity index is 613. The van der Waals surface area contributed by atoms with Crippen LogP contribution in [0.1, 0.15) is 23.0 Å². The summed E-state index contributed by atoms with van der Waals surface area (Å²) in [5.41, 5.74) is 0.607. The molecular weight excluding hydrogens is 245 g/mol. The number of hydrogen-bond donors (Lipinski definition) is 1. The summed E-state index contributed by atoms with van der Waals surface area (Å²) in [6.45, 7) is 1.83. The van der Waals surface area contributed by atoms with Gasteiger partial charge in [0.25, 0.3) is 0 Å². The van der Waals surface area contributed by atoms with Gasteiger partial charge >= 0.3 is 5.97 Å². The molecule has 1 aromatic heterocycles. The summed E-state index contributed by atoms with van der Waals surface area (Å²) in [6, 6.07) is 3.98. The number of carboxylic acids is 1. The van der Waals surface area contributed by atoms with E-state index < -0.39 is 11.8 Å². The zero-order valence-electron chi connectivity index (χ0n) is 9.00. The maximum absolute atomic E-state index is 13.7. The molecule has 0 bridgehead atoms. The summed E-state index contributed by atoms with van der Waals surface area (Å²) < 4.78 is 13.7. The van der Waals surface area contributed by atoms with Crippen LogP contribution >= 0.6 is 11.6 Å². The Morgan fingerprint density at radius 1 is 1.47 bits per heavy atom. The number of aromatic carboxylic acids is 1. The normalized spacial score (nSPS) is 10.8. The van der Waals surface area contributed by atoms with Crippen LogP contribution in [-0.4, -0.2) is 16.1 Å². The molecule has 0 atom stereocenters. The average molecular weight is 254 g/mol. The predicted molar refractivity (Wildman–Crippen MR) is 63.0 cm³/mol. The Labute approximate surface area is 102 Å². The molecular formula is C12H9ClFNO2. The van der Waals surface area contributed by atoms with Crippen molar-refractivity contribution in [3.05, 3.63) is 40.3 Å². The van der Waals surface area contributed by atoms with Gasteiger partial charge < -0.3 is 5.11 Å². The Kier molecular flexibility index (Phi) is 2.98. The molecule has 0 fully saturated rings. The average Bonchev–Trinajstić information content (AvgIpc) is 2.27. The molecule has 5 heteroatoms. The van der Waals surface area contributed by atoms with Gasteiger partial charge in [0.2, 0.25) is 0 Å². The van der Waals surface area contributed by atoms with Crippen molar-refractivity contribution in [1.82, 2.24) is 4.98 Å². The summed E-state index contributed by atoms with van der Waals surface area (Å²) in [5, 5.41) is 9.47. The van der Waals surface area contributed by atoms with E-state index in [1.807, 2.05) is 6.92 Å². The standard InChI is InChI=1S/C12H9ClFNO2/c1-2-7-5-9(12(16)17)8-3-6(13)4-10(14)11(8)15-7/h3-5H,2H2,1H3,(H,16,17). The van der Waals surface area contributed by atoms with Crippen molar-refractivity contribution in [3.8, 4) is 0 Å².